The summed E-state index contributed by atoms with van der Waals surface area (Å²) in [6.07, 6.45) is 4.29. The second-order valence-corrected chi connectivity index (χ2v) is 2.92. The van der Waals surface area contributed by atoms with Crippen LogP contribution >= 0.6 is 0 Å². The Morgan fingerprint density at radius 3 is 2.67 bits per heavy atom. The minimum absolute atomic E-state index is 0.490. The summed E-state index contributed by atoms with van der Waals surface area (Å²) >= 11 is 0. The summed E-state index contributed by atoms with van der Waals surface area (Å²) in [7, 11) is -1.39. The Kier molecular flexibility index (Phi) is 2.95. The molecular weight excluding hydrogens is 155 g/mol. The first-order chi connectivity index (χ1) is 5.65. The fourth-order valence-electron chi connectivity index (χ4n) is 1.21. The van der Waals surface area contributed by atoms with Crippen molar-refractivity contribution in [1.82, 2.24) is 0 Å². The van der Waals surface area contributed by atoms with E-state index in [1.54, 1.807) is 0 Å². The smallest absolute Gasteiger partial charge is 0.492 e. The highest BCUT2D eigenvalue weighted by Gasteiger charge is 2.31. The van der Waals surface area contributed by atoms with E-state index in [0.29, 0.717) is 6.42 Å². The van der Waals surface area contributed by atoms with Crippen LogP contribution in [0.4, 0.5) is 0 Å². The van der Waals surface area contributed by atoms with E-state index in [9.17, 15) is 0 Å². The van der Waals surface area contributed by atoms with Gasteiger partial charge in [-0.2, -0.15) is 0 Å². The normalized spacial score (nSPS) is 23.5. The molecule has 0 saturated heterocycles. The number of hydrogen-bond acceptors (Lipinski definition) is 3. The molecule has 4 heteroatoms. The van der Waals surface area contributed by atoms with Crippen molar-refractivity contribution < 1.29 is 14.8 Å². The minimum atomic E-state index is -1.39. The summed E-state index contributed by atoms with van der Waals surface area (Å²) in [6.45, 7) is 3.82. The monoisotopic (exact) mass is 168 g/mol. The standard InChI is InChI=1S/C8H13BO3/c1-3-4-7-6(2)5-8(12-7)9(10)11/h3-4,8,10-11H,5H2,1-2H3/b4-3-/t8-/m0/s1. The predicted molar refractivity (Wildman–Crippen MR) is 47.2 cm³/mol. The van der Waals surface area contributed by atoms with Crippen molar-refractivity contribution in [3.05, 3.63) is 23.5 Å². The van der Waals surface area contributed by atoms with Gasteiger partial charge in [0.25, 0.3) is 0 Å². The van der Waals surface area contributed by atoms with Crippen LogP contribution in [0.2, 0.25) is 0 Å². The highest BCUT2D eigenvalue weighted by Crippen LogP contribution is 2.25. The summed E-state index contributed by atoms with van der Waals surface area (Å²) in [5.41, 5.74) is 1.06. The number of allylic oxidation sites excluding steroid dienone is 2. The van der Waals surface area contributed by atoms with Gasteiger partial charge in [0.2, 0.25) is 0 Å². The van der Waals surface area contributed by atoms with Gasteiger partial charge in [-0.1, -0.05) is 6.08 Å². The molecule has 0 saturated carbocycles. The van der Waals surface area contributed by atoms with Gasteiger partial charge in [0, 0.05) is 6.42 Å². The molecule has 12 heavy (non-hydrogen) atoms. The molecule has 0 aliphatic carbocycles. The van der Waals surface area contributed by atoms with E-state index in [1.165, 1.54) is 0 Å². The molecule has 0 aromatic carbocycles. The van der Waals surface area contributed by atoms with Crippen molar-refractivity contribution in [3.63, 3.8) is 0 Å². The maximum absolute atomic E-state index is 8.84. The van der Waals surface area contributed by atoms with E-state index >= 15 is 0 Å². The van der Waals surface area contributed by atoms with Crippen LogP contribution in [0.15, 0.2) is 23.5 Å². The van der Waals surface area contributed by atoms with Crippen molar-refractivity contribution in [1.29, 1.82) is 0 Å². The molecule has 3 nitrogen and oxygen atoms in total. The lowest BCUT2D eigenvalue weighted by Crippen LogP contribution is -2.30. The zero-order valence-corrected chi connectivity index (χ0v) is 7.32. The maximum Gasteiger partial charge on any atom is 0.495 e. The molecule has 1 aliphatic heterocycles. The van der Waals surface area contributed by atoms with Crippen molar-refractivity contribution >= 4 is 7.12 Å². The quantitative estimate of drug-likeness (QED) is 0.594. The van der Waals surface area contributed by atoms with Crippen molar-refractivity contribution in [2.24, 2.45) is 0 Å². The van der Waals surface area contributed by atoms with Crippen LogP contribution in [0.25, 0.3) is 0 Å². The molecule has 1 atom stereocenters. The third-order valence-corrected chi connectivity index (χ3v) is 1.86. The lowest BCUT2D eigenvalue weighted by molar-refractivity contribution is 0.175. The van der Waals surface area contributed by atoms with E-state index in [0.717, 1.165) is 11.3 Å². The highest BCUT2D eigenvalue weighted by molar-refractivity contribution is 6.43. The molecule has 66 valence electrons. The van der Waals surface area contributed by atoms with Gasteiger partial charge in [-0.3, -0.25) is 0 Å². The van der Waals surface area contributed by atoms with Gasteiger partial charge in [0.1, 0.15) is 11.8 Å². The molecule has 0 fully saturated rings. The second-order valence-electron chi connectivity index (χ2n) is 2.92. The van der Waals surface area contributed by atoms with Gasteiger partial charge in [0.05, 0.1) is 0 Å². The Morgan fingerprint density at radius 2 is 2.25 bits per heavy atom. The third kappa shape index (κ3) is 1.90. The van der Waals surface area contributed by atoms with Crippen LogP contribution in [0.3, 0.4) is 0 Å². The van der Waals surface area contributed by atoms with Crippen LogP contribution in [-0.4, -0.2) is 23.2 Å². The second kappa shape index (κ2) is 3.78. The Morgan fingerprint density at radius 1 is 1.58 bits per heavy atom. The van der Waals surface area contributed by atoms with E-state index in [1.807, 2.05) is 26.0 Å². The lowest BCUT2D eigenvalue weighted by Gasteiger charge is -2.09. The fraction of sp³-hybridized carbons (Fsp3) is 0.500. The van der Waals surface area contributed by atoms with Crippen LogP contribution in [-0.2, 0) is 4.74 Å². The molecule has 2 N–H and O–H groups in total. The fourth-order valence-corrected chi connectivity index (χ4v) is 1.21. The molecule has 0 spiro atoms. The third-order valence-electron chi connectivity index (χ3n) is 1.86. The number of rotatable bonds is 2. The van der Waals surface area contributed by atoms with Gasteiger partial charge in [-0.15, -0.1) is 0 Å². The first-order valence-electron chi connectivity index (χ1n) is 4.00. The SMILES string of the molecule is C/C=C\C1=C(C)C[C@@H](B(O)O)O1. The van der Waals surface area contributed by atoms with Crippen molar-refractivity contribution in [3.8, 4) is 0 Å². The number of ether oxygens (including phenoxy) is 1. The van der Waals surface area contributed by atoms with Crippen molar-refractivity contribution in [2.75, 3.05) is 0 Å². The highest BCUT2D eigenvalue weighted by atomic mass is 16.5. The Labute approximate surface area is 72.5 Å². The average molecular weight is 168 g/mol. The Bertz CT molecular complexity index is 220. The molecule has 0 radical (unpaired) electrons. The zero-order valence-electron chi connectivity index (χ0n) is 7.32. The largest absolute Gasteiger partial charge is 0.495 e. The average Bonchev–Trinajstić information content (AvgIpc) is 2.34. The Hall–Kier alpha value is -0.735. The van der Waals surface area contributed by atoms with Gasteiger partial charge in [0.15, 0.2) is 0 Å². The van der Waals surface area contributed by atoms with Crippen LogP contribution in [0, 0.1) is 0 Å². The maximum atomic E-state index is 8.84. The van der Waals surface area contributed by atoms with Gasteiger partial charge in [-0.05, 0) is 25.5 Å². The summed E-state index contributed by atoms with van der Waals surface area (Å²) in [4.78, 5) is 0. The van der Waals surface area contributed by atoms with E-state index in [4.69, 9.17) is 14.8 Å². The molecule has 1 rings (SSSR count). The molecule has 0 unspecified atom stereocenters. The first kappa shape index (κ1) is 9.35. The predicted octanol–water partition coefficient (Wildman–Crippen LogP) is 0.637. The van der Waals surface area contributed by atoms with Gasteiger partial charge < -0.3 is 14.8 Å². The summed E-state index contributed by atoms with van der Waals surface area (Å²) in [5.74, 6) is 0.760. The van der Waals surface area contributed by atoms with Gasteiger partial charge >= 0.3 is 7.12 Å². The lowest BCUT2D eigenvalue weighted by atomic mass is 9.80. The molecule has 1 heterocycles. The summed E-state index contributed by atoms with van der Waals surface area (Å²) < 4.78 is 5.27. The molecule has 0 amide bonds. The first-order valence-corrected chi connectivity index (χ1v) is 4.00. The molecule has 0 bridgehead atoms. The Balaban J connectivity index is 2.61. The zero-order chi connectivity index (χ0) is 9.14. The molecular formula is C8H13BO3. The van der Waals surface area contributed by atoms with E-state index in [-0.39, 0.29) is 0 Å². The molecule has 0 aromatic rings. The van der Waals surface area contributed by atoms with Crippen LogP contribution in [0.5, 0.6) is 0 Å². The summed E-state index contributed by atoms with van der Waals surface area (Å²) in [6, 6.07) is -0.490. The number of hydrogen-bond donors (Lipinski definition) is 2. The summed E-state index contributed by atoms with van der Waals surface area (Å²) in [5, 5.41) is 17.7. The van der Waals surface area contributed by atoms with Crippen LogP contribution < -0.4 is 0 Å². The topological polar surface area (TPSA) is 49.7 Å². The van der Waals surface area contributed by atoms with E-state index in [2.05, 4.69) is 0 Å². The molecule has 1 aliphatic rings. The van der Waals surface area contributed by atoms with E-state index < -0.39 is 13.1 Å². The minimum Gasteiger partial charge on any atom is -0.492 e. The van der Waals surface area contributed by atoms with Crippen molar-refractivity contribution in [2.45, 2.75) is 26.3 Å². The van der Waals surface area contributed by atoms with Crippen LogP contribution in [0.1, 0.15) is 20.3 Å². The van der Waals surface area contributed by atoms with Gasteiger partial charge in [-0.25, -0.2) is 0 Å². The molecule has 0 aromatic heterocycles.